The number of hydrogen-bond acceptors (Lipinski definition) is 7. The molecule has 31 heavy (non-hydrogen) atoms. The molecule has 8 heteroatoms. The Bertz CT molecular complexity index is 1090. The van der Waals surface area contributed by atoms with Crippen LogP contribution in [0, 0.1) is 6.92 Å². The molecular weight excluding hydrogens is 414 g/mol. The van der Waals surface area contributed by atoms with Crippen molar-refractivity contribution in [1.29, 1.82) is 0 Å². The number of thioether (sulfide) groups is 1. The van der Waals surface area contributed by atoms with Gasteiger partial charge in [-0.1, -0.05) is 6.07 Å². The van der Waals surface area contributed by atoms with E-state index >= 15 is 0 Å². The molecule has 1 N–H and O–H groups in total. The predicted molar refractivity (Wildman–Crippen MR) is 122 cm³/mol. The average molecular weight is 442 g/mol. The molecule has 0 radical (unpaired) electrons. The van der Waals surface area contributed by atoms with Gasteiger partial charge in [0.05, 0.1) is 18.4 Å². The standard InChI is InChI=1S/C23H27N3O4S/c1-16-6-5-7-17(25-16)10-13-31-21-22(27)26(12-11-24-21)18-8-9-19(20(14-18)29-4)30-15-23(2,3)28/h5-9,11-12,14,28H,10,13,15H2,1-4H3. The first-order valence-electron chi connectivity index (χ1n) is 9.93. The molecule has 0 amide bonds. The van der Waals surface area contributed by atoms with Crippen molar-refractivity contribution in [2.24, 2.45) is 0 Å². The lowest BCUT2D eigenvalue weighted by atomic mass is 10.2. The molecule has 0 aliphatic rings. The number of aliphatic hydroxyl groups is 1. The number of benzene rings is 1. The number of nitrogens with zero attached hydrogens (tertiary/aromatic N) is 3. The van der Waals surface area contributed by atoms with Crippen molar-refractivity contribution >= 4 is 11.8 Å². The van der Waals surface area contributed by atoms with Gasteiger partial charge in [-0.25, -0.2) is 4.98 Å². The van der Waals surface area contributed by atoms with Gasteiger partial charge < -0.3 is 14.6 Å². The van der Waals surface area contributed by atoms with Gasteiger partial charge in [-0.2, -0.15) is 0 Å². The summed E-state index contributed by atoms with van der Waals surface area (Å²) in [6.45, 7) is 5.41. The van der Waals surface area contributed by atoms with E-state index in [0.29, 0.717) is 28.0 Å². The van der Waals surface area contributed by atoms with Gasteiger partial charge in [0, 0.05) is 35.6 Å². The number of aromatic nitrogens is 3. The third kappa shape index (κ3) is 6.32. The first-order valence-corrected chi connectivity index (χ1v) is 10.9. The van der Waals surface area contributed by atoms with E-state index < -0.39 is 5.60 Å². The maximum Gasteiger partial charge on any atom is 0.287 e. The zero-order chi connectivity index (χ0) is 22.4. The number of pyridine rings is 1. The highest BCUT2D eigenvalue weighted by atomic mass is 32.2. The van der Waals surface area contributed by atoms with Crippen LogP contribution in [0.2, 0.25) is 0 Å². The minimum atomic E-state index is -0.966. The van der Waals surface area contributed by atoms with E-state index in [2.05, 4.69) is 9.97 Å². The Labute approximate surface area is 186 Å². The second-order valence-corrected chi connectivity index (χ2v) is 8.80. The SMILES string of the molecule is COc1cc(-n2ccnc(SCCc3cccc(C)n3)c2=O)ccc1OCC(C)(C)O. The van der Waals surface area contributed by atoms with Crippen LogP contribution in [-0.4, -0.2) is 44.7 Å². The lowest BCUT2D eigenvalue weighted by molar-refractivity contribution is 0.0276. The van der Waals surface area contributed by atoms with Crippen LogP contribution >= 0.6 is 11.8 Å². The van der Waals surface area contributed by atoms with E-state index in [-0.39, 0.29) is 12.2 Å². The zero-order valence-corrected chi connectivity index (χ0v) is 19.0. The molecule has 0 saturated carbocycles. The summed E-state index contributed by atoms with van der Waals surface area (Å²) in [7, 11) is 1.53. The van der Waals surface area contributed by atoms with E-state index in [9.17, 15) is 9.90 Å². The second kappa shape index (κ2) is 9.98. The van der Waals surface area contributed by atoms with Gasteiger partial charge in [0.15, 0.2) is 16.5 Å². The quantitative estimate of drug-likeness (QED) is 0.509. The summed E-state index contributed by atoms with van der Waals surface area (Å²) in [4.78, 5) is 21.7. The molecule has 0 fully saturated rings. The molecule has 0 spiro atoms. The van der Waals surface area contributed by atoms with Crippen LogP contribution in [-0.2, 0) is 6.42 Å². The Kier molecular flexibility index (Phi) is 7.35. The van der Waals surface area contributed by atoms with E-state index in [4.69, 9.17) is 9.47 Å². The van der Waals surface area contributed by atoms with Crippen LogP contribution in [0.1, 0.15) is 25.2 Å². The summed E-state index contributed by atoms with van der Waals surface area (Å²) in [5.41, 5.74) is 1.45. The van der Waals surface area contributed by atoms with Crippen molar-refractivity contribution < 1.29 is 14.6 Å². The average Bonchev–Trinajstić information content (AvgIpc) is 2.73. The first kappa shape index (κ1) is 22.8. The fraction of sp³-hybridized carbons (Fsp3) is 0.348. The smallest absolute Gasteiger partial charge is 0.287 e. The Balaban J connectivity index is 1.76. The second-order valence-electron chi connectivity index (χ2n) is 7.71. The molecule has 164 valence electrons. The fourth-order valence-electron chi connectivity index (χ4n) is 2.87. The maximum atomic E-state index is 13.0. The monoisotopic (exact) mass is 441 g/mol. The molecule has 1 aromatic carbocycles. The van der Waals surface area contributed by atoms with E-state index in [1.807, 2.05) is 25.1 Å². The Morgan fingerprint density at radius 1 is 1.19 bits per heavy atom. The topological polar surface area (TPSA) is 86.5 Å². The molecule has 2 aromatic heterocycles. The third-order valence-electron chi connectivity index (χ3n) is 4.36. The molecule has 0 atom stereocenters. The number of ether oxygens (including phenoxy) is 2. The van der Waals surface area contributed by atoms with Crippen molar-refractivity contribution in [2.45, 2.75) is 37.8 Å². The van der Waals surface area contributed by atoms with Crippen molar-refractivity contribution in [3.05, 3.63) is 70.5 Å². The number of rotatable bonds is 9. The van der Waals surface area contributed by atoms with Crippen LogP contribution in [0.25, 0.3) is 5.69 Å². The van der Waals surface area contributed by atoms with Crippen molar-refractivity contribution in [3.8, 4) is 17.2 Å². The van der Waals surface area contributed by atoms with E-state index in [1.165, 1.54) is 23.4 Å². The van der Waals surface area contributed by atoms with Gasteiger partial charge in [0.25, 0.3) is 5.56 Å². The molecule has 7 nitrogen and oxygen atoms in total. The minimum Gasteiger partial charge on any atom is -0.493 e. The van der Waals surface area contributed by atoms with Gasteiger partial charge in [-0.3, -0.25) is 14.3 Å². The largest absolute Gasteiger partial charge is 0.493 e. The van der Waals surface area contributed by atoms with Gasteiger partial charge in [-0.15, -0.1) is 11.8 Å². The van der Waals surface area contributed by atoms with Gasteiger partial charge in [0.2, 0.25) is 0 Å². The molecule has 3 rings (SSSR count). The first-order chi connectivity index (χ1) is 14.8. The minimum absolute atomic E-state index is 0.120. The lowest BCUT2D eigenvalue weighted by Crippen LogP contribution is -2.28. The number of hydrogen-bond donors (Lipinski definition) is 1. The van der Waals surface area contributed by atoms with Crippen LogP contribution in [0.4, 0.5) is 0 Å². The molecule has 0 aliphatic carbocycles. The summed E-state index contributed by atoms with van der Waals surface area (Å²) >= 11 is 1.41. The number of methoxy groups -OCH3 is 1. The van der Waals surface area contributed by atoms with Crippen LogP contribution in [0.5, 0.6) is 11.5 Å². The summed E-state index contributed by atoms with van der Waals surface area (Å²) < 4.78 is 12.6. The van der Waals surface area contributed by atoms with Crippen LogP contribution < -0.4 is 15.0 Å². The third-order valence-corrected chi connectivity index (χ3v) is 5.32. The Morgan fingerprint density at radius 2 is 2.00 bits per heavy atom. The van der Waals surface area contributed by atoms with Crippen molar-refractivity contribution in [2.75, 3.05) is 19.5 Å². The molecule has 0 aliphatic heterocycles. The predicted octanol–water partition coefficient (Wildman–Crippen LogP) is 3.43. The molecule has 0 bridgehead atoms. The maximum absolute atomic E-state index is 13.0. The molecule has 2 heterocycles. The Morgan fingerprint density at radius 3 is 2.71 bits per heavy atom. The summed E-state index contributed by atoms with van der Waals surface area (Å²) in [6, 6.07) is 11.2. The van der Waals surface area contributed by atoms with Gasteiger partial charge in [0.1, 0.15) is 6.61 Å². The van der Waals surface area contributed by atoms with Crippen LogP contribution in [0.3, 0.4) is 0 Å². The highest BCUT2D eigenvalue weighted by Gasteiger charge is 2.16. The fourth-order valence-corrected chi connectivity index (χ4v) is 3.73. The zero-order valence-electron chi connectivity index (χ0n) is 18.2. The molecule has 0 unspecified atom stereocenters. The molecule has 3 aromatic rings. The normalized spacial score (nSPS) is 11.4. The lowest BCUT2D eigenvalue weighted by Gasteiger charge is -2.19. The Hall–Kier alpha value is -2.84. The van der Waals surface area contributed by atoms with E-state index in [1.54, 1.807) is 44.4 Å². The summed E-state index contributed by atoms with van der Waals surface area (Å²) in [5, 5.41) is 10.3. The van der Waals surface area contributed by atoms with Gasteiger partial charge >= 0.3 is 0 Å². The number of aryl methyl sites for hydroxylation is 2. The van der Waals surface area contributed by atoms with Crippen molar-refractivity contribution in [1.82, 2.24) is 14.5 Å². The molecule has 0 saturated heterocycles. The van der Waals surface area contributed by atoms with Crippen LogP contribution in [0.15, 0.2) is 58.6 Å². The molecular formula is C23H27N3O4S. The summed E-state index contributed by atoms with van der Waals surface area (Å²) in [5.74, 6) is 1.68. The van der Waals surface area contributed by atoms with Crippen molar-refractivity contribution in [3.63, 3.8) is 0 Å². The highest BCUT2D eigenvalue weighted by Crippen LogP contribution is 2.30. The highest BCUT2D eigenvalue weighted by molar-refractivity contribution is 7.99. The van der Waals surface area contributed by atoms with Gasteiger partial charge in [-0.05, 0) is 51.5 Å². The summed E-state index contributed by atoms with van der Waals surface area (Å²) in [6.07, 6.45) is 3.99. The van der Waals surface area contributed by atoms with E-state index in [0.717, 1.165) is 17.8 Å².